The molecule has 0 aliphatic heterocycles. The number of hydrogen-bond acceptors (Lipinski definition) is 5. The number of hydrogen-bond donors (Lipinski definition) is 2. The molecule has 2 rings (SSSR count). The van der Waals surface area contributed by atoms with Crippen molar-refractivity contribution in [3.63, 3.8) is 0 Å². The Kier molecular flexibility index (Phi) is 5.86. The summed E-state index contributed by atoms with van der Waals surface area (Å²) in [6, 6.07) is 5.60. The van der Waals surface area contributed by atoms with Gasteiger partial charge >= 0.3 is 6.36 Å². The maximum atomic E-state index is 12.1. The Bertz CT molecular complexity index is 743. The third-order valence-corrected chi connectivity index (χ3v) is 5.18. The standard InChI is InChI=1S/C14H14F3NO4S2/c15-14(16,17)22-11-1-3-12(4-2-11)24(20,21)18-7-5-13(19)10-6-8-23-9-10/h1-4,6,8-9,13,18-19H,5,7H2/t13-/m1/s1. The van der Waals surface area contributed by atoms with E-state index in [1.807, 2.05) is 0 Å². The van der Waals surface area contributed by atoms with Gasteiger partial charge in [-0.1, -0.05) is 0 Å². The van der Waals surface area contributed by atoms with Crippen molar-refractivity contribution in [3.05, 3.63) is 46.7 Å². The molecule has 5 nitrogen and oxygen atoms in total. The number of alkyl halides is 3. The van der Waals surface area contributed by atoms with Crippen molar-refractivity contribution < 1.29 is 31.4 Å². The van der Waals surface area contributed by atoms with Crippen LogP contribution in [0.3, 0.4) is 0 Å². The summed E-state index contributed by atoms with van der Waals surface area (Å²) in [6.07, 6.45) is -5.46. The first-order chi connectivity index (χ1) is 11.2. The van der Waals surface area contributed by atoms with Crippen molar-refractivity contribution >= 4 is 21.4 Å². The van der Waals surface area contributed by atoms with Gasteiger partial charge in [-0.25, -0.2) is 13.1 Å². The first-order valence-electron chi connectivity index (χ1n) is 6.73. The van der Waals surface area contributed by atoms with Gasteiger partial charge in [0.2, 0.25) is 10.0 Å². The van der Waals surface area contributed by atoms with Gasteiger partial charge in [-0.2, -0.15) is 11.3 Å². The highest BCUT2D eigenvalue weighted by molar-refractivity contribution is 7.89. The van der Waals surface area contributed by atoms with Gasteiger partial charge in [0.1, 0.15) is 5.75 Å². The van der Waals surface area contributed by atoms with Crippen LogP contribution in [0.2, 0.25) is 0 Å². The van der Waals surface area contributed by atoms with E-state index < -0.39 is 28.2 Å². The number of aliphatic hydroxyl groups excluding tert-OH is 1. The first kappa shape index (κ1) is 18.7. The second-order valence-corrected chi connectivity index (χ2v) is 7.33. The van der Waals surface area contributed by atoms with Crippen LogP contribution >= 0.6 is 11.3 Å². The Balaban J connectivity index is 1.92. The molecule has 1 heterocycles. The van der Waals surface area contributed by atoms with Crippen LogP contribution in [0.1, 0.15) is 18.1 Å². The molecule has 1 atom stereocenters. The average molecular weight is 381 g/mol. The Morgan fingerprint density at radius 3 is 2.42 bits per heavy atom. The van der Waals surface area contributed by atoms with Gasteiger partial charge in [-0.3, -0.25) is 0 Å². The number of rotatable bonds is 7. The zero-order valence-electron chi connectivity index (χ0n) is 12.2. The molecule has 132 valence electrons. The summed E-state index contributed by atoms with van der Waals surface area (Å²) in [6.45, 7) is -0.0137. The topological polar surface area (TPSA) is 75.6 Å². The third kappa shape index (κ3) is 5.48. The van der Waals surface area contributed by atoms with Crippen molar-refractivity contribution in [1.29, 1.82) is 0 Å². The number of halogens is 3. The average Bonchev–Trinajstić information content (AvgIpc) is 3.00. The third-order valence-electron chi connectivity index (χ3n) is 3.01. The van der Waals surface area contributed by atoms with Crippen LogP contribution in [0.4, 0.5) is 13.2 Å². The van der Waals surface area contributed by atoms with Crippen LogP contribution in [-0.4, -0.2) is 26.4 Å². The molecule has 0 spiro atoms. The fourth-order valence-corrected chi connectivity index (χ4v) is 3.62. The van der Waals surface area contributed by atoms with E-state index in [-0.39, 0.29) is 17.9 Å². The SMILES string of the molecule is O=S(=O)(NCC[C@@H](O)c1ccsc1)c1ccc(OC(F)(F)F)cc1. The highest BCUT2D eigenvalue weighted by Gasteiger charge is 2.31. The molecular weight excluding hydrogens is 367 g/mol. The van der Waals surface area contributed by atoms with Crippen molar-refractivity contribution in [2.45, 2.75) is 23.8 Å². The molecule has 0 aliphatic carbocycles. The van der Waals surface area contributed by atoms with Gasteiger partial charge in [-0.15, -0.1) is 13.2 Å². The van der Waals surface area contributed by atoms with E-state index in [1.54, 1.807) is 16.8 Å². The number of benzene rings is 1. The lowest BCUT2D eigenvalue weighted by molar-refractivity contribution is -0.274. The Morgan fingerprint density at radius 1 is 1.21 bits per heavy atom. The Hall–Kier alpha value is -1.62. The van der Waals surface area contributed by atoms with Gasteiger partial charge in [-0.05, 0) is 53.1 Å². The van der Waals surface area contributed by atoms with E-state index >= 15 is 0 Å². The smallest absolute Gasteiger partial charge is 0.406 e. The van der Waals surface area contributed by atoms with E-state index in [0.717, 1.165) is 24.3 Å². The molecule has 0 radical (unpaired) electrons. The summed E-state index contributed by atoms with van der Waals surface area (Å²) >= 11 is 1.42. The van der Waals surface area contributed by atoms with Crippen molar-refractivity contribution in [3.8, 4) is 5.75 Å². The Morgan fingerprint density at radius 2 is 1.88 bits per heavy atom. The largest absolute Gasteiger partial charge is 0.573 e. The van der Waals surface area contributed by atoms with Gasteiger partial charge in [0.05, 0.1) is 11.0 Å². The molecule has 0 aliphatic rings. The van der Waals surface area contributed by atoms with E-state index in [2.05, 4.69) is 9.46 Å². The van der Waals surface area contributed by atoms with Crippen molar-refractivity contribution in [2.75, 3.05) is 6.54 Å². The van der Waals surface area contributed by atoms with Crippen LogP contribution in [0.15, 0.2) is 46.0 Å². The van der Waals surface area contributed by atoms with Crippen molar-refractivity contribution in [1.82, 2.24) is 4.72 Å². The number of aliphatic hydroxyl groups is 1. The second-order valence-electron chi connectivity index (χ2n) is 4.78. The fourth-order valence-electron chi connectivity index (χ4n) is 1.87. The summed E-state index contributed by atoms with van der Waals surface area (Å²) in [5, 5.41) is 13.4. The van der Waals surface area contributed by atoms with Crippen LogP contribution in [-0.2, 0) is 10.0 Å². The van der Waals surface area contributed by atoms with Gasteiger partial charge in [0.15, 0.2) is 0 Å². The van der Waals surface area contributed by atoms with Crippen LogP contribution in [0, 0.1) is 0 Å². The number of ether oxygens (including phenoxy) is 1. The van der Waals surface area contributed by atoms with Gasteiger partial charge in [0, 0.05) is 6.54 Å². The summed E-state index contributed by atoms with van der Waals surface area (Å²) in [4.78, 5) is -0.193. The van der Waals surface area contributed by atoms with E-state index in [1.165, 1.54) is 11.3 Å². The number of thiophene rings is 1. The zero-order chi connectivity index (χ0) is 17.8. The predicted octanol–water partition coefficient (Wildman–Crippen LogP) is 3.05. The minimum Gasteiger partial charge on any atom is -0.406 e. The number of nitrogens with one attached hydrogen (secondary N) is 1. The molecule has 1 aromatic heterocycles. The lowest BCUT2D eigenvalue weighted by atomic mass is 10.1. The molecule has 0 saturated heterocycles. The molecule has 2 N–H and O–H groups in total. The Labute approximate surface area is 140 Å². The highest BCUT2D eigenvalue weighted by atomic mass is 32.2. The lowest BCUT2D eigenvalue weighted by Crippen LogP contribution is -2.26. The normalized spacial score (nSPS) is 13.7. The van der Waals surface area contributed by atoms with Gasteiger partial charge in [0.25, 0.3) is 0 Å². The monoisotopic (exact) mass is 381 g/mol. The van der Waals surface area contributed by atoms with Gasteiger partial charge < -0.3 is 9.84 Å². The lowest BCUT2D eigenvalue weighted by Gasteiger charge is -2.11. The van der Waals surface area contributed by atoms with E-state index in [9.17, 15) is 26.7 Å². The predicted molar refractivity (Wildman–Crippen MR) is 82.2 cm³/mol. The maximum absolute atomic E-state index is 12.1. The zero-order valence-corrected chi connectivity index (χ0v) is 13.8. The summed E-state index contributed by atoms with van der Waals surface area (Å²) in [5.74, 6) is -0.505. The fraction of sp³-hybridized carbons (Fsp3) is 0.286. The molecule has 0 unspecified atom stereocenters. The summed E-state index contributed by atoms with van der Waals surface area (Å²) < 4.78 is 66.2. The molecule has 0 saturated carbocycles. The molecule has 0 fully saturated rings. The summed E-state index contributed by atoms with van der Waals surface area (Å²) in [7, 11) is -3.88. The molecule has 24 heavy (non-hydrogen) atoms. The number of sulfonamides is 1. The molecule has 2 aromatic rings. The molecule has 10 heteroatoms. The molecular formula is C14H14F3NO4S2. The maximum Gasteiger partial charge on any atom is 0.573 e. The molecule has 0 bridgehead atoms. The van der Waals surface area contributed by atoms with Crippen molar-refractivity contribution in [2.24, 2.45) is 0 Å². The highest BCUT2D eigenvalue weighted by Crippen LogP contribution is 2.24. The summed E-state index contributed by atoms with van der Waals surface area (Å²) in [5.41, 5.74) is 0.702. The van der Waals surface area contributed by atoms with Crippen LogP contribution in [0.5, 0.6) is 5.75 Å². The van der Waals surface area contributed by atoms with Crippen LogP contribution in [0.25, 0.3) is 0 Å². The van der Waals surface area contributed by atoms with Crippen LogP contribution < -0.4 is 9.46 Å². The first-order valence-corrected chi connectivity index (χ1v) is 9.15. The second kappa shape index (κ2) is 7.51. The minimum atomic E-state index is -4.84. The van der Waals surface area contributed by atoms with E-state index in [0.29, 0.717) is 5.56 Å². The minimum absolute atomic E-state index is 0.0137. The quantitative estimate of drug-likeness (QED) is 0.773. The molecule has 0 amide bonds. The van der Waals surface area contributed by atoms with E-state index in [4.69, 9.17) is 0 Å². The molecule has 1 aromatic carbocycles.